The van der Waals surface area contributed by atoms with Crippen LogP contribution in [-0.2, 0) is 4.74 Å². The highest BCUT2D eigenvalue weighted by Gasteiger charge is 2.10. The minimum Gasteiger partial charge on any atom is -0.435 e. The zero-order valence-corrected chi connectivity index (χ0v) is 9.36. The molecule has 1 atom stereocenters. The molecule has 0 radical (unpaired) electrons. The molecule has 0 heterocycles. The van der Waals surface area contributed by atoms with Crippen LogP contribution < -0.4 is 10.5 Å². The van der Waals surface area contributed by atoms with Gasteiger partial charge in [0.05, 0.1) is 6.61 Å². The van der Waals surface area contributed by atoms with E-state index in [1.165, 1.54) is 18.2 Å². The summed E-state index contributed by atoms with van der Waals surface area (Å²) in [4.78, 5) is 0. The van der Waals surface area contributed by atoms with Crippen LogP contribution in [0.5, 0.6) is 5.75 Å². The molecule has 0 aliphatic carbocycles. The molecular weight excluding hydrogens is 254 g/mol. The van der Waals surface area contributed by atoms with Crippen LogP contribution in [0, 0.1) is 0 Å². The van der Waals surface area contributed by atoms with Gasteiger partial charge in [0.1, 0.15) is 5.75 Å². The van der Waals surface area contributed by atoms with Gasteiger partial charge in [0.2, 0.25) is 0 Å². The molecule has 0 aromatic heterocycles. The van der Waals surface area contributed by atoms with Crippen molar-refractivity contribution in [2.24, 2.45) is 5.73 Å². The molecule has 1 aromatic carbocycles. The third-order valence-corrected chi connectivity index (χ3v) is 2.18. The zero-order chi connectivity index (χ0) is 13.5. The second-order valence-corrected chi connectivity index (χ2v) is 3.48. The Balaban J connectivity index is 2.54. The Morgan fingerprint density at radius 2 is 1.83 bits per heavy atom. The molecule has 1 aromatic rings. The topological polar surface area (TPSA) is 44.5 Å². The van der Waals surface area contributed by atoms with Gasteiger partial charge in [-0.25, -0.2) is 0 Å². The first-order valence-electron chi connectivity index (χ1n) is 5.19. The average Bonchev–Trinajstić information content (AvgIpc) is 2.27. The molecule has 18 heavy (non-hydrogen) atoms. The van der Waals surface area contributed by atoms with Gasteiger partial charge >= 0.3 is 13.2 Å². The molecule has 7 heteroatoms. The van der Waals surface area contributed by atoms with Gasteiger partial charge in [-0.2, -0.15) is 17.6 Å². The number of hydrogen-bond donors (Lipinski definition) is 1. The molecule has 3 nitrogen and oxygen atoms in total. The molecule has 0 spiro atoms. The fraction of sp³-hybridized carbons (Fsp3) is 0.455. The monoisotopic (exact) mass is 267 g/mol. The highest BCUT2D eigenvalue weighted by Crippen LogP contribution is 2.21. The number of alkyl halides is 4. The lowest BCUT2D eigenvalue weighted by Crippen LogP contribution is -2.14. The van der Waals surface area contributed by atoms with E-state index in [-0.39, 0.29) is 18.8 Å². The first-order valence-corrected chi connectivity index (χ1v) is 5.19. The molecule has 0 bridgehead atoms. The fourth-order valence-electron chi connectivity index (χ4n) is 1.37. The Hall–Kier alpha value is -1.34. The number of rotatable bonds is 7. The van der Waals surface area contributed by atoms with Gasteiger partial charge < -0.3 is 15.2 Å². The molecule has 0 saturated heterocycles. The van der Waals surface area contributed by atoms with E-state index in [4.69, 9.17) is 5.73 Å². The van der Waals surface area contributed by atoms with E-state index in [0.29, 0.717) is 5.56 Å². The second-order valence-electron chi connectivity index (χ2n) is 3.48. The molecule has 0 aliphatic heterocycles. The maximum atomic E-state index is 12.0. The molecule has 0 unspecified atom stereocenters. The van der Waals surface area contributed by atoms with Crippen molar-refractivity contribution in [1.82, 2.24) is 0 Å². The standard InChI is InChI=1S/C11H13F4NO2/c12-10(13)17-5-4-9(16)7-2-1-3-8(6-7)18-11(14)15/h1-3,6,9-11H,4-5,16H2/t9-/m0/s1. The quantitative estimate of drug-likeness (QED) is 0.772. The predicted molar refractivity (Wildman–Crippen MR) is 56.6 cm³/mol. The zero-order valence-electron chi connectivity index (χ0n) is 9.36. The number of hydrogen-bond acceptors (Lipinski definition) is 3. The maximum absolute atomic E-state index is 12.0. The Kier molecular flexibility index (Phi) is 5.87. The van der Waals surface area contributed by atoms with Crippen molar-refractivity contribution < 1.29 is 27.0 Å². The summed E-state index contributed by atoms with van der Waals surface area (Å²) in [6.07, 6.45) is 0.155. The van der Waals surface area contributed by atoms with Gasteiger partial charge in [0.25, 0.3) is 0 Å². The van der Waals surface area contributed by atoms with Crippen molar-refractivity contribution in [2.45, 2.75) is 25.7 Å². The number of halogens is 4. The van der Waals surface area contributed by atoms with Gasteiger partial charge in [-0.3, -0.25) is 0 Å². The summed E-state index contributed by atoms with van der Waals surface area (Å²) >= 11 is 0. The van der Waals surface area contributed by atoms with E-state index in [1.54, 1.807) is 6.07 Å². The summed E-state index contributed by atoms with van der Waals surface area (Å²) in [6, 6.07) is 5.23. The first-order chi connectivity index (χ1) is 8.49. The van der Waals surface area contributed by atoms with E-state index in [2.05, 4.69) is 9.47 Å². The maximum Gasteiger partial charge on any atom is 0.387 e. The lowest BCUT2D eigenvalue weighted by Gasteiger charge is -2.13. The van der Waals surface area contributed by atoms with Crippen LogP contribution in [0.15, 0.2) is 24.3 Å². The average molecular weight is 267 g/mol. The van der Waals surface area contributed by atoms with Crippen LogP contribution in [-0.4, -0.2) is 19.8 Å². The van der Waals surface area contributed by atoms with Crippen molar-refractivity contribution in [3.63, 3.8) is 0 Å². The van der Waals surface area contributed by atoms with Crippen molar-refractivity contribution in [2.75, 3.05) is 6.61 Å². The molecule has 0 amide bonds. The van der Waals surface area contributed by atoms with E-state index in [0.717, 1.165) is 0 Å². The minimum atomic E-state index is -2.92. The summed E-state index contributed by atoms with van der Waals surface area (Å²) in [5.41, 5.74) is 6.23. The number of ether oxygens (including phenoxy) is 2. The van der Waals surface area contributed by atoms with E-state index < -0.39 is 19.3 Å². The summed E-state index contributed by atoms with van der Waals surface area (Å²) in [5, 5.41) is 0. The third-order valence-electron chi connectivity index (χ3n) is 2.18. The van der Waals surface area contributed by atoms with Gasteiger partial charge in [0.15, 0.2) is 0 Å². The van der Waals surface area contributed by atoms with Crippen LogP contribution >= 0.6 is 0 Å². The highest BCUT2D eigenvalue weighted by atomic mass is 19.3. The molecule has 0 saturated carbocycles. The van der Waals surface area contributed by atoms with Crippen LogP contribution in [0.1, 0.15) is 18.0 Å². The molecule has 1 rings (SSSR count). The Bertz CT molecular complexity index is 363. The smallest absolute Gasteiger partial charge is 0.387 e. The van der Waals surface area contributed by atoms with Crippen LogP contribution in [0.25, 0.3) is 0 Å². The van der Waals surface area contributed by atoms with Crippen LogP contribution in [0.4, 0.5) is 17.6 Å². The van der Waals surface area contributed by atoms with Crippen LogP contribution in [0.2, 0.25) is 0 Å². The highest BCUT2D eigenvalue weighted by molar-refractivity contribution is 5.30. The van der Waals surface area contributed by atoms with E-state index >= 15 is 0 Å². The Morgan fingerprint density at radius 1 is 1.11 bits per heavy atom. The second kappa shape index (κ2) is 7.17. The van der Waals surface area contributed by atoms with Crippen molar-refractivity contribution in [3.8, 4) is 5.75 Å². The lowest BCUT2D eigenvalue weighted by atomic mass is 10.1. The largest absolute Gasteiger partial charge is 0.435 e. The minimum absolute atomic E-state index is 0.0206. The summed E-state index contributed by atoms with van der Waals surface area (Å²) in [7, 11) is 0. The predicted octanol–water partition coefficient (Wildman–Crippen LogP) is 2.92. The number of nitrogens with two attached hydrogens (primary N) is 1. The summed E-state index contributed by atoms with van der Waals surface area (Å²) < 4.78 is 55.7. The fourth-order valence-corrected chi connectivity index (χ4v) is 1.37. The molecule has 0 aliphatic rings. The van der Waals surface area contributed by atoms with E-state index in [9.17, 15) is 17.6 Å². The first kappa shape index (κ1) is 14.7. The Labute approximate surface area is 101 Å². The van der Waals surface area contributed by atoms with E-state index in [1.807, 2.05) is 0 Å². The lowest BCUT2D eigenvalue weighted by molar-refractivity contribution is -0.130. The molecular formula is C11H13F4NO2. The molecule has 2 N–H and O–H groups in total. The summed E-state index contributed by atoms with van der Waals surface area (Å²) in [6.45, 7) is -5.97. The van der Waals surface area contributed by atoms with Gasteiger partial charge in [-0.15, -0.1) is 0 Å². The normalized spacial score (nSPS) is 13.1. The van der Waals surface area contributed by atoms with Crippen molar-refractivity contribution in [1.29, 1.82) is 0 Å². The number of benzene rings is 1. The molecule has 0 fully saturated rings. The Morgan fingerprint density at radius 3 is 2.44 bits per heavy atom. The third kappa shape index (κ3) is 5.33. The van der Waals surface area contributed by atoms with Crippen molar-refractivity contribution in [3.05, 3.63) is 29.8 Å². The van der Waals surface area contributed by atoms with Gasteiger partial charge in [0, 0.05) is 6.04 Å². The SMILES string of the molecule is N[C@@H](CCOC(F)F)c1cccc(OC(F)F)c1. The van der Waals surface area contributed by atoms with Gasteiger partial charge in [-0.1, -0.05) is 12.1 Å². The van der Waals surface area contributed by atoms with Crippen LogP contribution in [0.3, 0.4) is 0 Å². The van der Waals surface area contributed by atoms with Crippen molar-refractivity contribution >= 4 is 0 Å². The molecule has 102 valence electrons. The van der Waals surface area contributed by atoms with Gasteiger partial charge in [-0.05, 0) is 24.1 Å². The summed E-state index contributed by atoms with van der Waals surface area (Å²) in [5.74, 6) is -0.0206.